The van der Waals surface area contributed by atoms with Crippen LogP contribution in [-0.2, 0) is 39.7 Å². The number of ketones is 1. The number of amides is 2. The Kier molecular flexibility index (Phi) is 17.3. The Labute approximate surface area is 380 Å². The second-order valence-electron chi connectivity index (χ2n) is 17.6. The predicted octanol–water partition coefficient (Wildman–Crippen LogP) is 6.49. The molecule has 2 heterocycles. The molecule has 0 spiro atoms. The third-order valence-electron chi connectivity index (χ3n) is 10.7. The summed E-state index contributed by atoms with van der Waals surface area (Å²) in [6, 6.07) is 12.0. The number of morpholine rings is 1. The summed E-state index contributed by atoms with van der Waals surface area (Å²) < 4.78 is 27.1. The van der Waals surface area contributed by atoms with E-state index >= 15 is 0 Å². The van der Waals surface area contributed by atoms with Gasteiger partial charge in [0.05, 0.1) is 19.6 Å². The van der Waals surface area contributed by atoms with Crippen molar-refractivity contribution < 1.29 is 52.5 Å². The lowest BCUT2D eigenvalue weighted by atomic mass is 9.89. The highest BCUT2D eigenvalue weighted by Gasteiger charge is 2.32. The molecule has 2 aliphatic rings. The van der Waals surface area contributed by atoms with Gasteiger partial charge in [0.15, 0.2) is 11.5 Å². The lowest BCUT2D eigenvalue weighted by Gasteiger charge is -2.26. The number of nitrogens with zero attached hydrogens (tertiary/aromatic N) is 2. The number of Topliss-reactive ketones (excluding diaryl/α,β-unsaturated/α-hetero) is 1. The largest absolute Gasteiger partial charge is 0.464 e. The minimum Gasteiger partial charge on any atom is -0.464 e. The van der Waals surface area contributed by atoms with Gasteiger partial charge in [-0.25, -0.2) is 19.4 Å². The maximum atomic E-state index is 14.3. The number of hydrogen-bond donors (Lipinski definition) is 3. The van der Waals surface area contributed by atoms with Gasteiger partial charge in [-0.15, -0.1) is 0 Å². The number of alkyl carbamates (subject to hydrolysis) is 1. The summed E-state index contributed by atoms with van der Waals surface area (Å²) in [7, 11) is 0. The normalized spacial score (nSPS) is 15.0. The topological polar surface area (TPSA) is 213 Å². The predicted molar refractivity (Wildman–Crippen MR) is 243 cm³/mol. The van der Waals surface area contributed by atoms with Gasteiger partial charge in [0.1, 0.15) is 23.9 Å². The zero-order chi connectivity index (χ0) is 47.4. The first-order valence-corrected chi connectivity index (χ1v) is 21.9. The van der Waals surface area contributed by atoms with Crippen LogP contribution >= 0.6 is 0 Å². The Morgan fingerprint density at radius 1 is 0.969 bits per heavy atom. The molecule has 1 aliphatic carbocycles. The lowest BCUT2D eigenvalue weighted by Crippen LogP contribution is -2.48. The van der Waals surface area contributed by atoms with E-state index in [9.17, 15) is 28.8 Å². The number of aromatic nitrogens is 1. The molecule has 16 heteroatoms. The zero-order valence-corrected chi connectivity index (χ0v) is 38.4. The minimum atomic E-state index is -1.47. The van der Waals surface area contributed by atoms with Crippen molar-refractivity contribution in [3.63, 3.8) is 0 Å². The fraction of sp³-hybridized carbons (Fsp3) is 0.469. The molecule has 3 aromatic rings. The van der Waals surface area contributed by atoms with Gasteiger partial charge in [0.2, 0.25) is 6.29 Å². The van der Waals surface area contributed by atoms with Crippen LogP contribution in [0.1, 0.15) is 114 Å². The Hall–Kier alpha value is -6.26. The van der Waals surface area contributed by atoms with E-state index in [1.807, 2.05) is 6.92 Å². The molecule has 1 unspecified atom stereocenters. The first-order valence-electron chi connectivity index (χ1n) is 21.9. The minimum absolute atomic E-state index is 0.0633. The van der Waals surface area contributed by atoms with Gasteiger partial charge >= 0.3 is 24.0 Å². The highest BCUT2D eigenvalue weighted by Crippen LogP contribution is 2.32. The monoisotopic (exact) mass is 895 g/mol. The molecule has 2 fully saturated rings. The Morgan fingerprint density at radius 3 is 2.29 bits per heavy atom. The van der Waals surface area contributed by atoms with Crippen molar-refractivity contribution in [3.8, 4) is 11.1 Å². The second kappa shape index (κ2) is 22.6. The molecule has 2 aromatic carbocycles. The Balaban J connectivity index is 1.36. The van der Waals surface area contributed by atoms with Crippen LogP contribution in [0.15, 0.2) is 55.1 Å². The van der Waals surface area contributed by atoms with Gasteiger partial charge in [0.25, 0.3) is 5.91 Å². The van der Waals surface area contributed by atoms with Gasteiger partial charge in [0, 0.05) is 56.4 Å². The third kappa shape index (κ3) is 14.9. The van der Waals surface area contributed by atoms with Crippen LogP contribution in [0.2, 0.25) is 0 Å². The fourth-order valence-corrected chi connectivity index (χ4v) is 6.92. The molecule has 0 radical (unpaired) electrons. The quantitative estimate of drug-likeness (QED) is 0.0364. The summed E-state index contributed by atoms with van der Waals surface area (Å²) in [6.07, 6.45) is 1.05. The molecular formula is C49H61N5O11. The number of esters is 3. The van der Waals surface area contributed by atoms with Gasteiger partial charge in [-0.3, -0.25) is 19.3 Å². The maximum absolute atomic E-state index is 14.3. The van der Waals surface area contributed by atoms with Gasteiger partial charge in [-0.2, -0.15) is 0 Å². The van der Waals surface area contributed by atoms with E-state index < -0.39 is 53.8 Å². The van der Waals surface area contributed by atoms with E-state index in [1.165, 1.54) is 19.1 Å². The van der Waals surface area contributed by atoms with Crippen LogP contribution in [0, 0.1) is 24.2 Å². The third-order valence-corrected chi connectivity index (χ3v) is 10.7. The number of rotatable bonds is 20. The van der Waals surface area contributed by atoms with Crippen molar-refractivity contribution in [2.45, 2.75) is 92.1 Å². The van der Waals surface area contributed by atoms with Crippen molar-refractivity contribution >= 4 is 47.5 Å². The molecule has 2 amide bonds. The summed E-state index contributed by atoms with van der Waals surface area (Å²) in [5.74, 6) is -3.29. The molecule has 1 saturated heterocycles. The van der Waals surface area contributed by atoms with Crippen molar-refractivity contribution in [2.75, 3.05) is 46.0 Å². The number of hydrogen-bond acceptors (Lipinski definition) is 14. The van der Waals surface area contributed by atoms with Crippen LogP contribution in [0.25, 0.3) is 17.2 Å². The van der Waals surface area contributed by atoms with E-state index in [4.69, 9.17) is 29.1 Å². The molecule has 1 aliphatic heterocycles. The number of carbonyl (C=O) groups excluding carboxylic acids is 6. The lowest BCUT2D eigenvalue weighted by molar-refractivity contribution is -0.169. The molecule has 1 saturated carbocycles. The summed E-state index contributed by atoms with van der Waals surface area (Å²) in [5, 5.41) is 13.9. The van der Waals surface area contributed by atoms with Crippen LogP contribution in [0.5, 0.6) is 0 Å². The van der Waals surface area contributed by atoms with Gasteiger partial charge < -0.3 is 39.7 Å². The summed E-state index contributed by atoms with van der Waals surface area (Å²) >= 11 is 0. The number of carbonyl (C=O) groups is 6. The van der Waals surface area contributed by atoms with Crippen LogP contribution in [-0.4, -0.2) is 115 Å². The molecule has 0 bridgehead atoms. The maximum Gasteiger partial charge on any atom is 0.408 e. The highest BCUT2D eigenvalue weighted by molar-refractivity contribution is 6.09. The smallest absolute Gasteiger partial charge is 0.408 e. The molecule has 348 valence electrons. The van der Waals surface area contributed by atoms with E-state index in [1.54, 1.807) is 77.1 Å². The summed E-state index contributed by atoms with van der Waals surface area (Å²) in [5.41, 5.74) is 2.18. The van der Waals surface area contributed by atoms with Crippen molar-refractivity contribution in [3.05, 3.63) is 94.3 Å². The molecule has 16 nitrogen and oxygen atoms in total. The highest BCUT2D eigenvalue weighted by atomic mass is 16.7. The number of aryl methyl sites for hydroxylation is 1. The number of pyridine rings is 1. The van der Waals surface area contributed by atoms with E-state index in [2.05, 4.69) is 27.1 Å². The van der Waals surface area contributed by atoms with Crippen LogP contribution < -0.4 is 10.6 Å². The van der Waals surface area contributed by atoms with E-state index in [0.29, 0.717) is 54.5 Å². The molecule has 3 N–H and O–H groups in total. The molecular weight excluding hydrogens is 835 g/mol. The van der Waals surface area contributed by atoms with Crippen LogP contribution in [0.4, 0.5) is 4.79 Å². The Morgan fingerprint density at radius 2 is 1.66 bits per heavy atom. The average molecular weight is 896 g/mol. The van der Waals surface area contributed by atoms with Crippen LogP contribution in [0.3, 0.4) is 0 Å². The first kappa shape index (κ1) is 49.8. The molecule has 1 aromatic heterocycles. The Bertz CT molecular complexity index is 2260. The van der Waals surface area contributed by atoms with Crippen molar-refractivity contribution in [1.29, 1.82) is 5.41 Å². The fourth-order valence-electron chi connectivity index (χ4n) is 6.92. The molecule has 65 heavy (non-hydrogen) atoms. The standard InChI is InChI=1S/C49H61N5O11/c1-9-34-26-38(41(55)25-32-12-14-35(15-13-32)39(50)27-42(56)62-23-20-54-18-21-61-22-19-54)37(24-30(34)4)36-16-17-40(45(57)51-28-33-10-11-33)52-44(36)47(59)64-31(5)63-46(58)43(29(2)3)53-48(60)65-49(6,7)8/h9,12-17,24,26,29,31,33,43,50H,1,10-11,18-23,25,27-28H2,2-8H3,(H,51,57)(H,53,60)/t31?,43-/m0/s1. The molecule has 2 atom stereocenters. The summed E-state index contributed by atoms with van der Waals surface area (Å²) in [4.78, 5) is 86.6. The van der Waals surface area contributed by atoms with Crippen molar-refractivity contribution in [2.24, 2.45) is 11.8 Å². The average Bonchev–Trinajstić information content (AvgIpc) is 4.09. The SMILES string of the molecule is C=Cc1cc(C(=O)Cc2ccc(C(=N)CC(=O)OCCN3CCOCC3)cc2)c(-c2ccc(C(=O)NCC3CC3)nc2C(=O)OC(C)OC(=O)[C@@H](NC(=O)OC(C)(C)C)C(C)C)cc1C. The molecule has 5 rings (SSSR count). The second-order valence-corrected chi connectivity index (χ2v) is 17.6. The van der Waals surface area contributed by atoms with Gasteiger partial charge in [-0.05, 0) is 98.4 Å². The van der Waals surface area contributed by atoms with Gasteiger partial charge in [-0.1, -0.05) is 56.8 Å². The van der Waals surface area contributed by atoms with Crippen molar-refractivity contribution in [1.82, 2.24) is 20.5 Å². The number of ether oxygens (including phenoxy) is 5. The van der Waals surface area contributed by atoms with E-state index in [-0.39, 0.29) is 53.5 Å². The zero-order valence-electron chi connectivity index (χ0n) is 38.4. The number of nitrogens with one attached hydrogen (secondary N) is 3. The first-order chi connectivity index (χ1) is 30.8. The van der Waals surface area contributed by atoms with E-state index in [0.717, 1.165) is 31.5 Å². The number of benzene rings is 2. The summed E-state index contributed by atoms with van der Waals surface area (Å²) in [6.45, 7) is 19.7.